The SMILES string of the molecule is CN(CCCC(=O)N1CCC(N)CC1)C1CCS(=O)(=O)C1. The standard InChI is InChI=1S/C14H27N3O3S/c1-16(13-6-10-21(19,20)11-13)7-2-3-14(18)17-8-4-12(15)5-9-17/h12-13H,2-11,15H2,1H3. The Morgan fingerprint density at radius 2 is 1.95 bits per heavy atom. The van der Waals surface area contributed by atoms with Crippen LogP contribution in [0.4, 0.5) is 0 Å². The summed E-state index contributed by atoms with van der Waals surface area (Å²) in [6.07, 6.45) is 3.83. The van der Waals surface area contributed by atoms with Gasteiger partial charge in [0, 0.05) is 31.6 Å². The van der Waals surface area contributed by atoms with Crippen LogP contribution in [0.15, 0.2) is 0 Å². The van der Waals surface area contributed by atoms with E-state index in [0.717, 1.165) is 45.3 Å². The summed E-state index contributed by atoms with van der Waals surface area (Å²) in [5.41, 5.74) is 5.83. The molecule has 0 aromatic rings. The predicted octanol–water partition coefficient (Wildman–Crippen LogP) is -0.165. The van der Waals surface area contributed by atoms with Crippen molar-refractivity contribution in [2.45, 2.75) is 44.2 Å². The fraction of sp³-hybridized carbons (Fsp3) is 0.929. The third kappa shape index (κ3) is 4.93. The molecule has 1 atom stereocenters. The highest BCUT2D eigenvalue weighted by Crippen LogP contribution is 2.17. The molecule has 2 N–H and O–H groups in total. The Morgan fingerprint density at radius 1 is 1.29 bits per heavy atom. The van der Waals surface area contributed by atoms with Gasteiger partial charge in [0.2, 0.25) is 5.91 Å². The molecule has 0 aromatic heterocycles. The van der Waals surface area contributed by atoms with Crippen molar-refractivity contribution in [2.24, 2.45) is 5.73 Å². The number of sulfone groups is 1. The van der Waals surface area contributed by atoms with Crippen LogP contribution in [0.1, 0.15) is 32.1 Å². The second kappa shape index (κ2) is 7.07. The quantitative estimate of drug-likeness (QED) is 0.761. The van der Waals surface area contributed by atoms with Crippen molar-refractivity contribution in [1.82, 2.24) is 9.80 Å². The average molecular weight is 317 g/mol. The molecule has 0 aromatic carbocycles. The van der Waals surface area contributed by atoms with Crippen molar-refractivity contribution in [3.63, 3.8) is 0 Å². The number of nitrogens with two attached hydrogens (primary N) is 1. The van der Waals surface area contributed by atoms with Crippen molar-refractivity contribution < 1.29 is 13.2 Å². The summed E-state index contributed by atoms with van der Waals surface area (Å²) in [5.74, 6) is 0.769. The van der Waals surface area contributed by atoms with Gasteiger partial charge in [0.1, 0.15) is 0 Å². The van der Waals surface area contributed by atoms with Crippen LogP contribution < -0.4 is 5.73 Å². The summed E-state index contributed by atoms with van der Waals surface area (Å²) in [6.45, 7) is 2.33. The molecule has 0 saturated carbocycles. The van der Waals surface area contributed by atoms with Crippen molar-refractivity contribution in [1.29, 1.82) is 0 Å². The lowest BCUT2D eigenvalue weighted by Crippen LogP contribution is -2.43. The van der Waals surface area contributed by atoms with Gasteiger partial charge in [-0.1, -0.05) is 0 Å². The van der Waals surface area contributed by atoms with Crippen molar-refractivity contribution in [3.05, 3.63) is 0 Å². The number of rotatable bonds is 5. The van der Waals surface area contributed by atoms with Crippen LogP contribution in [-0.4, -0.2) is 74.4 Å². The van der Waals surface area contributed by atoms with Gasteiger partial charge in [0.25, 0.3) is 0 Å². The van der Waals surface area contributed by atoms with E-state index in [9.17, 15) is 13.2 Å². The Bertz CT molecular complexity index is 458. The van der Waals surface area contributed by atoms with E-state index in [2.05, 4.69) is 4.90 Å². The number of hydrogen-bond acceptors (Lipinski definition) is 5. The molecule has 0 aliphatic carbocycles. The second-order valence-corrected chi connectivity index (χ2v) is 8.59. The van der Waals surface area contributed by atoms with Crippen LogP contribution >= 0.6 is 0 Å². The Labute approximate surface area is 127 Å². The average Bonchev–Trinajstić information content (AvgIpc) is 2.79. The molecule has 0 bridgehead atoms. The van der Waals surface area contributed by atoms with E-state index >= 15 is 0 Å². The molecule has 7 heteroatoms. The highest BCUT2D eigenvalue weighted by molar-refractivity contribution is 7.91. The van der Waals surface area contributed by atoms with Crippen molar-refractivity contribution >= 4 is 15.7 Å². The van der Waals surface area contributed by atoms with Gasteiger partial charge in [0.05, 0.1) is 11.5 Å². The summed E-state index contributed by atoms with van der Waals surface area (Å²) in [7, 11) is -0.879. The van der Waals surface area contributed by atoms with Gasteiger partial charge in [0.15, 0.2) is 9.84 Å². The van der Waals surface area contributed by atoms with E-state index in [0.29, 0.717) is 12.2 Å². The molecule has 0 spiro atoms. The maximum atomic E-state index is 12.1. The lowest BCUT2D eigenvalue weighted by atomic mass is 10.1. The van der Waals surface area contributed by atoms with Crippen molar-refractivity contribution in [2.75, 3.05) is 38.2 Å². The lowest BCUT2D eigenvalue weighted by molar-refractivity contribution is -0.132. The summed E-state index contributed by atoms with van der Waals surface area (Å²) in [5, 5.41) is 0. The van der Waals surface area contributed by atoms with E-state index in [-0.39, 0.29) is 23.7 Å². The molecule has 2 aliphatic heterocycles. The summed E-state index contributed by atoms with van der Waals surface area (Å²) in [6, 6.07) is 0.364. The number of nitrogens with zero attached hydrogens (tertiary/aromatic N) is 2. The first-order valence-electron chi connectivity index (χ1n) is 7.81. The molecule has 21 heavy (non-hydrogen) atoms. The molecular formula is C14H27N3O3S. The van der Waals surface area contributed by atoms with Crippen LogP contribution in [0, 0.1) is 0 Å². The lowest BCUT2D eigenvalue weighted by Gasteiger charge is -2.30. The number of hydrogen-bond donors (Lipinski definition) is 1. The topological polar surface area (TPSA) is 83.7 Å². The zero-order valence-corrected chi connectivity index (χ0v) is 13.6. The van der Waals surface area contributed by atoms with Crippen LogP contribution in [0.25, 0.3) is 0 Å². The van der Waals surface area contributed by atoms with Gasteiger partial charge < -0.3 is 15.5 Å². The van der Waals surface area contributed by atoms with Crippen LogP contribution in [0.3, 0.4) is 0 Å². The molecule has 2 heterocycles. The fourth-order valence-electron chi connectivity index (χ4n) is 3.09. The molecule has 6 nitrogen and oxygen atoms in total. The number of piperidine rings is 1. The Kier molecular flexibility index (Phi) is 5.62. The highest BCUT2D eigenvalue weighted by Gasteiger charge is 2.30. The fourth-order valence-corrected chi connectivity index (χ4v) is 4.90. The minimum absolute atomic E-state index is 0.123. The second-order valence-electron chi connectivity index (χ2n) is 6.36. The maximum absolute atomic E-state index is 12.1. The molecule has 2 saturated heterocycles. The first-order valence-corrected chi connectivity index (χ1v) is 9.63. The maximum Gasteiger partial charge on any atom is 0.222 e. The largest absolute Gasteiger partial charge is 0.343 e. The minimum Gasteiger partial charge on any atom is -0.343 e. The third-order valence-corrected chi connectivity index (χ3v) is 6.38. The molecular weight excluding hydrogens is 290 g/mol. The molecule has 2 fully saturated rings. The summed E-state index contributed by atoms with van der Waals surface area (Å²) in [4.78, 5) is 16.1. The van der Waals surface area contributed by atoms with E-state index in [4.69, 9.17) is 5.73 Å². The first-order chi connectivity index (χ1) is 9.87. The summed E-state index contributed by atoms with van der Waals surface area (Å²) >= 11 is 0. The van der Waals surface area contributed by atoms with Crippen molar-refractivity contribution in [3.8, 4) is 0 Å². The van der Waals surface area contributed by atoms with Gasteiger partial charge in [-0.25, -0.2) is 8.42 Å². The Hall–Kier alpha value is -0.660. The zero-order valence-electron chi connectivity index (χ0n) is 12.8. The molecule has 1 amide bonds. The third-order valence-electron chi connectivity index (χ3n) is 4.63. The molecule has 0 radical (unpaired) electrons. The first kappa shape index (κ1) is 16.7. The molecule has 122 valence electrons. The number of carbonyl (C=O) groups is 1. The van der Waals surface area contributed by atoms with Gasteiger partial charge in [-0.2, -0.15) is 0 Å². The molecule has 2 aliphatic rings. The zero-order chi connectivity index (χ0) is 15.5. The van der Waals surface area contributed by atoms with Gasteiger partial charge >= 0.3 is 0 Å². The smallest absolute Gasteiger partial charge is 0.222 e. The van der Waals surface area contributed by atoms with E-state index in [1.165, 1.54) is 0 Å². The van der Waals surface area contributed by atoms with Gasteiger partial charge in [-0.3, -0.25) is 4.79 Å². The van der Waals surface area contributed by atoms with Gasteiger partial charge in [-0.15, -0.1) is 0 Å². The van der Waals surface area contributed by atoms with Gasteiger partial charge in [-0.05, 0) is 39.3 Å². The molecule has 2 rings (SSSR count). The van der Waals surface area contributed by atoms with E-state index < -0.39 is 9.84 Å². The Balaban J connectivity index is 1.66. The van der Waals surface area contributed by atoms with E-state index in [1.807, 2.05) is 11.9 Å². The van der Waals surface area contributed by atoms with Crippen LogP contribution in [-0.2, 0) is 14.6 Å². The van der Waals surface area contributed by atoms with Crippen LogP contribution in [0.5, 0.6) is 0 Å². The number of carbonyl (C=O) groups excluding carboxylic acids is 1. The van der Waals surface area contributed by atoms with E-state index in [1.54, 1.807) is 0 Å². The van der Waals surface area contributed by atoms with Crippen LogP contribution in [0.2, 0.25) is 0 Å². The predicted molar refractivity (Wildman–Crippen MR) is 82.7 cm³/mol. The highest BCUT2D eigenvalue weighted by atomic mass is 32.2. The number of amides is 1. The molecule has 1 unspecified atom stereocenters. The normalized spacial score (nSPS) is 26.4. The minimum atomic E-state index is -2.83. The number of likely N-dealkylation sites (tertiary alicyclic amines) is 1. The monoisotopic (exact) mass is 317 g/mol. The Morgan fingerprint density at radius 3 is 2.52 bits per heavy atom. The summed E-state index contributed by atoms with van der Waals surface area (Å²) < 4.78 is 22.9.